The van der Waals surface area contributed by atoms with Crippen molar-refractivity contribution in [3.05, 3.63) is 75.8 Å². The van der Waals surface area contributed by atoms with Gasteiger partial charge in [0.25, 0.3) is 0 Å². The molecule has 154 valence electrons. The lowest BCUT2D eigenvalue weighted by atomic mass is 9.91. The van der Waals surface area contributed by atoms with Crippen molar-refractivity contribution in [2.24, 2.45) is 0 Å². The van der Waals surface area contributed by atoms with Crippen LogP contribution in [0.1, 0.15) is 42.3 Å². The average Bonchev–Trinajstić information content (AvgIpc) is 3.16. The zero-order valence-electron chi connectivity index (χ0n) is 17.3. The molecule has 30 heavy (non-hydrogen) atoms. The van der Waals surface area contributed by atoms with Gasteiger partial charge in [0.05, 0.1) is 12.8 Å². The van der Waals surface area contributed by atoms with Crippen LogP contribution in [0.3, 0.4) is 0 Å². The number of hydrogen-bond acceptors (Lipinski definition) is 4. The fourth-order valence-electron chi connectivity index (χ4n) is 3.78. The highest BCUT2D eigenvalue weighted by atomic mass is 35.5. The van der Waals surface area contributed by atoms with E-state index >= 15 is 0 Å². The third kappa shape index (κ3) is 3.53. The highest BCUT2D eigenvalue weighted by molar-refractivity contribution is 6.32. The second-order valence-electron chi connectivity index (χ2n) is 7.27. The Morgan fingerprint density at radius 3 is 2.63 bits per heavy atom. The van der Waals surface area contributed by atoms with Crippen molar-refractivity contribution in [2.45, 2.75) is 33.6 Å². The molecule has 4 aromatic rings. The molecule has 1 unspecified atom stereocenters. The van der Waals surface area contributed by atoms with E-state index in [-0.39, 0.29) is 5.92 Å². The Morgan fingerprint density at radius 2 is 1.90 bits per heavy atom. The molecule has 3 heterocycles. The zero-order valence-corrected chi connectivity index (χ0v) is 18.8. The Labute approximate surface area is 185 Å². The Bertz CT molecular complexity index is 1240. The maximum Gasteiger partial charge on any atom is 0.154 e. The van der Waals surface area contributed by atoms with Crippen LogP contribution in [0.25, 0.3) is 16.6 Å². The van der Waals surface area contributed by atoms with Crippen molar-refractivity contribution in [1.29, 1.82) is 0 Å². The molecule has 1 aromatic carbocycles. The molecule has 3 aromatic heterocycles. The summed E-state index contributed by atoms with van der Waals surface area (Å²) in [5, 5.41) is 1.10. The Morgan fingerprint density at radius 1 is 1.10 bits per heavy atom. The molecule has 0 N–H and O–H groups in total. The lowest BCUT2D eigenvalue weighted by molar-refractivity contribution is 0.336. The number of ether oxygens (including phenoxy) is 1. The van der Waals surface area contributed by atoms with E-state index in [9.17, 15) is 0 Å². The first-order chi connectivity index (χ1) is 14.4. The molecule has 0 saturated carbocycles. The summed E-state index contributed by atoms with van der Waals surface area (Å²) in [7, 11) is 0. The standard InChI is InChI=1S/C23H22Cl2N4O/c1-5-30-21-17(14(3)23-28-12-19-22(25)27-6-7-29(19)23)9-18(24)15(4)20(21)16-8-13(2)10-26-11-16/h6-12,14H,5H2,1-4H3. The van der Waals surface area contributed by atoms with Gasteiger partial charge in [0, 0.05) is 52.4 Å². The second-order valence-corrected chi connectivity index (χ2v) is 8.04. The van der Waals surface area contributed by atoms with Crippen LogP contribution in [0.2, 0.25) is 10.2 Å². The second kappa shape index (κ2) is 8.25. The molecule has 0 aliphatic rings. The van der Waals surface area contributed by atoms with Gasteiger partial charge < -0.3 is 4.74 Å². The summed E-state index contributed by atoms with van der Waals surface area (Å²) in [6, 6.07) is 4.07. The predicted molar refractivity (Wildman–Crippen MR) is 121 cm³/mol. The SMILES string of the molecule is CCOc1c(C(C)c2ncc3c(Cl)nccn23)cc(Cl)c(C)c1-c1cncc(C)c1. The van der Waals surface area contributed by atoms with Gasteiger partial charge in [-0.25, -0.2) is 9.97 Å². The van der Waals surface area contributed by atoms with Crippen molar-refractivity contribution in [3.8, 4) is 16.9 Å². The predicted octanol–water partition coefficient (Wildman–Crippen LogP) is 6.27. The Kier molecular flexibility index (Phi) is 5.67. The summed E-state index contributed by atoms with van der Waals surface area (Å²) in [4.78, 5) is 13.1. The van der Waals surface area contributed by atoms with Crippen LogP contribution in [0, 0.1) is 13.8 Å². The van der Waals surface area contributed by atoms with E-state index in [1.807, 2.05) is 49.8 Å². The van der Waals surface area contributed by atoms with Crippen molar-refractivity contribution in [2.75, 3.05) is 6.61 Å². The molecular weight excluding hydrogens is 419 g/mol. The molecular formula is C23H22Cl2N4O. The van der Waals surface area contributed by atoms with Gasteiger partial charge in [0.1, 0.15) is 17.1 Å². The van der Waals surface area contributed by atoms with Crippen molar-refractivity contribution < 1.29 is 4.74 Å². The summed E-state index contributed by atoms with van der Waals surface area (Å²) < 4.78 is 8.15. The van der Waals surface area contributed by atoms with Gasteiger partial charge in [-0.3, -0.25) is 9.38 Å². The molecule has 0 amide bonds. The highest BCUT2D eigenvalue weighted by Crippen LogP contribution is 2.44. The highest BCUT2D eigenvalue weighted by Gasteiger charge is 2.25. The topological polar surface area (TPSA) is 52.3 Å². The van der Waals surface area contributed by atoms with Crippen LogP contribution in [0.5, 0.6) is 5.75 Å². The van der Waals surface area contributed by atoms with Crippen LogP contribution in [0.15, 0.2) is 43.1 Å². The molecule has 0 aliphatic heterocycles. The molecule has 0 spiro atoms. The van der Waals surface area contributed by atoms with Gasteiger partial charge in [-0.2, -0.15) is 0 Å². The van der Waals surface area contributed by atoms with Crippen LogP contribution in [-0.4, -0.2) is 26.0 Å². The van der Waals surface area contributed by atoms with E-state index in [4.69, 9.17) is 27.9 Å². The number of nitrogens with zero attached hydrogens (tertiary/aromatic N) is 4. The fourth-order valence-corrected chi connectivity index (χ4v) is 4.19. The van der Waals surface area contributed by atoms with E-state index in [0.29, 0.717) is 16.8 Å². The van der Waals surface area contributed by atoms with E-state index in [2.05, 4.69) is 27.9 Å². The number of fused-ring (bicyclic) bond motifs is 1. The van der Waals surface area contributed by atoms with Crippen molar-refractivity contribution >= 4 is 28.7 Å². The Balaban J connectivity index is 1.96. The first-order valence-corrected chi connectivity index (χ1v) is 10.5. The number of aromatic nitrogens is 4. The van der Waals surface area contributed by atoms with E-state index in [1.165, 1.54) is 0 Å². The number of aryl methyl sites for hydroxylation is 1. The molecule has 7 heteroatoms. The number of pyridine rings is 1. The van der Waals surface area contributed by atoms with Crippen molar-refractivity contribution in [3.63, 3.8) is 0 Å². The van der Waals surface area contributed by atoms with Crippen molar-refractivity contribution in [1.82, 2.24) is 19.4 Å². The smallest absolute Gasteiger partial charge is 0.154 e. The molecule has 0 radical (unpaired) electrons. The van der Waals surface area contributed by atoms with E-state index in [1.54, 1.807) is 12.4 Å². The van der Waals surface area contributed by atoms with E-state index in [0.717, 1.165) is 44.9 Å². The first-order valence-electron chi connectivity index (χ1n) is 9.77. The zero-order chi connectivity index (χ0) is 21.4. The molecule has 4 rings (SSSR count). The normalized spacial score (nSPS) is 12.3. The molecule has 1 atom stereocenters. The maximum absolute atomic E-state index is 6.70. The summed E-state index contributed by atoms with van der Waals surface area (Å²) in [5.41, 5.74) is 5.70. The van der Waals surface area contributed by atoms with Crippen LogP contribution < -0.4 is 4.74 Å². The number of rotatable bonds is 5. The number of hydrogen-bond donors (Lipinski definition) is 0. The molecule has 5 nitrogen and oxygen atoms in total. The molecule has 0 aliphatic carbocycles. The first kappa shape index (κ1) is 20.6. The maximum atomic E-state index is 6.70. The summed E-state index contributed by atoms with van der Waals surface area (Å²) in [6.07, 6.45) is 8.95. The fraction of sp³-hybridized carbons (Fsp3) is 0.261. The minimum atomic E-state index is -0.0952. The van der Waals surface area contributed by atoms with E-state index < -0.39 is 0 Å². The summed E-state index contributed by atoms with van der Waals surface area (Å²) in [6.45, 7) is 8.63. The number of benzene rings is 1. The van der Waals surface area contributed by atoms with Crippen LogP contribution in [-0.2, 0) is 0 Å². The van der Waals surface area contributed by atoms with Gasteiger partial charge in [-0.1, -0.05) is 30.1 Å². The van der Waals surface area contributed by atoms with Crippen LogP contribution >= 0.6 is 23.2 Å². The third-order valence-electron chi connectivity index (χ3n) is 5.25. The van der Waals surface area contributed by atoms with Gasteiger partial charge >= 0.3 is 0 Å². The lowest BCUT2D eigenvalue weighted by Crippen LogP contribution is -2.08. The minimum absolute atomic E-state index is 0.0952. The van der Waals surface area contributed by atoms with Gasteiger partial charge in [-0.05, 0) is 44.0 Å². The van der Waals surface area contributed by atoms with Gasteiger partial charge in [0.2, 0.25) is 0 Å². The third-order valence-corrected chi connectivity index (χ3v) is 5.94. The lowest BCUT2D eigenvalue weighted by Gasteiger charge is -2.22. The van der Waals surface area contributed by atoms with Gasteiger partial charge in [0.15, 0.2) is 5.15 Å². The minimum Gasteiger partial charge on any atom is -0.493 e. The average molecular weight is 441 g/mol. The largest absolute Gasteiger partial charge is 0.493 e. The molecule has 0 bridgehead atoms. The quantitative estimate of drug-likeness (QED) is 0.367. The van der Waals surface area contributed by atoms with Crippen LogP contribution in [0.4, 0.5) is 0 Å². The summed E-state index contributed by atoms with van der Waals surface area (Å²) in [5.74, 6) is 1.54. The van der Waals surface area contributed by atoms with Gasteiger partial charge in [-0.15, -0.1) is 0 Å². The summed E-state index contributed by atoms with van der Waals surface area (Å²) >= 11 is 12.9. The number of halogens is 2. The molecule has 0 fully saturated rings. The molecule has 0 saturated heterocycles. The Hall–Kier alpha value is -2.63. The number of imidazole rings is 1. The monoisotopic (exact) mass is 440 g/mol.